The first kappa shape index (κ1) is 20.4. The molecule has 0 N–H and O–H groups in total. The number of halogens is 2. The molecule has 2 aliphatic heterocycles. The molecule has 1 atom stereocenters. The first-order chi connectivity index (χ1) is 14.4. The standard InChI is InChI=1S/C20H18Cl2N4O4/c1-29-14-4-3-13(21)18(22)17(14)11-7-12-9-25(10-16(27)26(12)8-11)15-5-6-23-19(24-15)20(28)30-2/h3-7,11H,8-10H2,1-2H3/t11-/m0/s1. The van der Waals surface area contributed by atoms with Crippen LogP contribution in [0.25, 0.3) is 0 Å². The third kappa shape index (κ3) is 3.57. The van der Waals surface area contributed by atoms with Gasteiger partial charge in [0.05, 0.1) is 37.4 Å². The van der Waals surface area contributed by atoms with Crippen molar-refractivity contribution >= 4 is 40.9 Å². The van der Waals surface area contributed by atoms with E-state index >= 15 is 0 Å². The van der Waals surface area contributed by atoms with E-state index in [4.69, 9.17) is 27.9 Å². The van der Waals surface area contributed by atoms with Crippen molar-refractivity contribution < 1.29 is 19.1 Å². The van der Waals surface area contributed by atoms with Gasteiger partial charge in [0.15, 0.2) is 0 Å². The zero-order chi connectivity index (χ0) is 21.4. The maximum Gasteiger partial charge on any atom is 0.376 e. The molecule has 0 aliphatic carbocycles. The van der Waals surface area contributed by atoms with E-state index in [2.05, 4.69) is 14.7 Å². The van der Waals surface area contributed by atoms with Crippen molar-refractivity contribution in [3.63, 3.8) is 0 Å². The number of hydrogen-bond donors (Lipinski definition) is 0. The largest absolute Gasteiger partial charge is 0.496 e. The summed E-state index contributed by atoms with van der Waals surface area (Å²) in [5.41, 5.74) is 1.58. The van der Waals surface area contributed by atoms with E-state index in [1.54, 1.807) is 35.1 Å². The molecule has 30 heavy (non-hydrogen) atoms. The number of hydrogen-bond acceptors (Lipinski definition) is 7. The molecule has 0 bridgehead atoms. The number of anilines is 1. The summed E-state index contributed by atoms with van der Waals surface area (Å²) in [6.45, 7) is 1.03. The molecule has 0 unspecified atom stereocenters. The number of piperazine rings is 1. The number of methoxy groups -OCH3 is 2. The smallest absolute Gasteiger partial charge is 0.376 e. The summed E-state index contributed by atoms with van der Waals surface area (Å²) in [5, 5.41) is 0.848. The van der Waals surface area contributed by atoms with Crippen LogP contribution in [0.15, 0.2) is 36.2 Å². The molecular weight excluding hydrogens is 431 g/mol. The second-order valence-corrected chi connectivity index (χ2v) is 7.62. The van der Waals surface area contributed by atoms with Gasteiger partial charge in [-0.05, 0) is 18.2 Å². The molecule has 1 saturated heterocycles. The van der Waals surface area contributed by atoms with Crippen molar-refractivity contribution in [1.82, 2.24) is 14.9 Å². The van der Waals surface area contributed by atoms with Crippen molar-refractivity contribution in [2.75, 3.05) is 38.8 Å². The van der Waals surface area contributed by atoms with E-state index in [9.17, 15) is 9.59 Å². The van der Waals surface area contributed by atoms with Crippen molar-refractivity contribution in [2.45, 2.75) is 5.92 Å². The maximum absolute atomic E-state index is 12.8. The molecule has 0 saturated carbocycles. The number of nitrogens with zero attached hydrogens (tertiary/aromatic N) is 4. The Morgan fingerprint density at radius 3 is 2.73 bits per heavy atom. The van der Waals surface area contributed by atoms with Crippen molar-refractivity contribution in [3.05, 3.63) is 57.6 Å². The van der Waals surface area contributed by atoms with Gasteiger partial charge < -0.3 is 19.3 Å². The summed E-state index contributed by atoms with van der Waals surface area (Å²) in [4.78, 5) is 36.2. The summed E-state index contributed by atoms with van der Waals surface area (Å²) in [6, 6.07) is 5.10. The number of amides is 1. The topological polar surface area (TPSA) is 84.9 Å². The monoisotopic (exact) mass is 448 g/mol. The molecule has 1 fully saturated rings. The quantitative estimate of drug-likeness (QED) is 0.664. The highest BCUT2D eigenvalue weighted by Crippen LogP contribution is 2.42. The van der Waals surface area contributed by atoms with E-state index < -0.39 is 5.97 Å². The van der Waals surface area contributed by atoms with Crippen LogP contribution >= 0.6 is 23.2 Å². The summed E-state index contributed by atoms with van der Waals surface area (Å²) in [6.07, 6.45) is 3.46. The van der Waals surface area contributed by atoms with Gasteiger partial charge in [-0.1, -0.05) is 29.3 Å². The lowest BCUT2D eigenvalue weighted by Gasteiger charge is -2.34. The average molecular weight is 449 g/mol. The SMILES string of the molecule is COC(=O)c1nccc(N2CC(=O)N3C[C@@H](c4c(OC)ccc(Cl)c4Cl)C=C3C2)n1. The predicted octanol–water partition coefficient (Wildman–Crippen LogP) is 2.91. The highest BCUT2D eigenvalue weighted by molar-refractivity contribution is 6.42. The minimum Gasteiger partial charge on any atom is -0.496 e. The lowest BCUT2D eigenvalue weighted by molar-refractivity contribution is -0.128. The molecule has 1 aromatic heterocycles. The second-order valence-electron chi connectivity index (χ2n) is 6.83. The molecule has 0 spiro atoms. The van der Waals surface area contributed by atoms with E-state index in [1.807, 2.05) is 6.08 Å². The van der Waals surface area contributed by atoms with Crippen molar-refractivity contribution in [3.8, 4) is 5.75 Å². The third-order valence-corrected chi connectivity index (χ3v) is 5.93. The van der Waals surface area contributed by atoms with Crippen molar-refractivity contribution in [2.24, 2.45) is 0 Å². The highest BCUT2D eigenvalue weighted by Gasteiger charge is 2.37. The Hall–Kier alpha value is -2.84. The summed E-state index contributed by atoms with van der Waals surface area (Å²) >= 11 is 12.7. The van der Waals surface area contributed by atoms with Gasteiger partial charge in [0, 0.05) is 29.9 Å². The van der Waals surface area contributed by atoms with Crippen molar-refractivity contribution in [1.29, 1.82) is 0 Å². The fraction of sp³-hybridized carbons (Fsp3) is 0.300. The molecule has 0 radical (unpaired) electrons. The third-order valence-electron chi connectivity index (χ3n) is 5.12. The number of benzene rings is 1. The Morgan fingerprint density at radius 2 is 2.00 bits per heavy atom. The maximum atomic E-state index is 12.8. The Balaban J connectivity index is 1.64. The molecular formula is C20H18Cl2N4O4. The Labute approximate surface area is 183 Å². The molecule has 10 heteroatoms. The number of ether oxygens (including phenoxy) is 2. The van der Waals surface area contributed by atoms with Crippen LogP contribution in [-0.2, 0) is 9.53 Å². The van der Waals surface area contributed by atoms with Crippen LogP contribution in [-0.4, -0.2) is 60.6 Å². The lowest BCUT2D eigenvalue weighted by atomic mass is 9.99. The minimum atomic E-state index is -0.635. The number of aromatic nitrogens is 2. The van der Waals surface area contributed by atoms with Crippen LogP contribution in [0.3, 0.4) is 0 Å². The Bertz CT molecular complexity index is 1060. The summed E-state index contributed by atoms with van der Waals surface area (Å²) in [5.74, 6) is 0.171. The highest BCUT2D eigenvalue weighted by atomic mass is 35.5. The summed E-state index contributed by atoms with van der Waals surface area (Å²) in [7, 11) is 2.83. The molecule has 1 aromatic carbocycles. The number of rotatable bonds is 4. The van der Waals surface area contributed by atoms with Crippen LogP contribution in [0.1, 0.15) is 22.1 Å². The normalized spacial score (nSPS) is 18.2. The first-order valence-corrected chi connectivity index (χ1v) is 9.87. The van der Waals surface area contributed by atoms with E-state index in [0.29, 0.717) is 34.7 Å². The average Bonchev–Trinajstić information content (AvgIpc) is 3.19. The first-order valence-electron chi connectivity index (χ1n) is 9.12. The number of fused-ring (bicyclic) bond motifs is 1. The van der Waals surface area contributed by atoms with Gasteiger partial charge in [0.25, 0.3) is 0 Å². The molecule has 2 aliphatic rings. The van der Waals surface area contributed by atoms with Crippen LogP contribution in [0.2, 0.25) is 10.0 Å². The molecule has 3 heterocycles. The zero-order valence-corrected chi connectivity index (χ0v) is 17.8. The Kier molecular flexibility index (Phi) is 5.53. The van der Waals surface area contributed by atoms with E-state index in [0.717, 1.165) is 11.3 Å². The van der Waals surface area contributed by atoms with Crippen LogP contribution < -0.4 is 9.64 Å². The van der Waals surface area contributed by atoms with Gasteiger partial charge in [-0.3, -0.25) is 4.79 Å². The molecule has 1 amide bonds. The zero-order valence-electron chi connectivity index (χ0n) is 16.3. The fourth-order valence-corrected chi connectivity index (χ4v) is 4.17. The number of carbonyl (C=O) groups is 2. The minimum absolute atomic E-state index is 0.0568. The van der Waals surface area contributed by atoms with Gasteiger partial charge in [0.2, 0.25) is 11.7 Å². The second kappa shape index (κ2) is 8.12. The molecule has 8 nitrogen and oxygen atoms in total. The summed E-state index contributed by atoms with van der Waals surface area (Å²) < 4.78 is 10.1. The van der Waals surface area contributed by atoms with E-state index in [1.165, 1.54) is 13.3 Å². The van der Waals surface area contributed by atoms with Gasteiger partial charge in [-0.2, -0.15) is 0 Å². The van der Waals surface area contributed by atoms with Gasteiger partial charge in [-0.15, -0.1) is 0 Å². The lowest BCUT2D eigenvalue weighted by Crippen LogP contribution is -2.48. The molecule has 2 aromatic rings. The molecule has 156 valence electrons. The molecule has 4 rings (SSSR count). The predicted molar refractivity (Wildman–Crippen MR) is 111 cm³/mol. The number of carbonyl (C=O) groups excluding carboxylic acids is 2. The fourth-order valence-electron chi connectivity index (χ4n) is 3.71. The van der Waals surface area contributed by atoms with Gasteiger partial charge in [0.1, 0.15) is 11.6 Å². The van der Waals surface area contributed by atoms with Gasteiger partial charge >= 0.3 is 5.97 Å². The van der Waals surface area contributed by atoms with Crippen LogP contribution in [0, 0.1) is 0 Å². The van der Waals surface area contributed by atoms with Gasteiger partial charge in [-0.25, -0.2) is 14.8 Å². The Morgan fingerprint density at radius 1 is 1.20 bits per heavy atom. The van der Waals surface area contributed by atoms with E-state index in [-0.39, 0.29) is 24.2 Å². The van der Waals surface area contributed by atoms with Crippen LogP contribution in [0.4, 0.5) is 5.82 Å². The van der Waals surface area contributed by atoms with Crippen LogP contribution in [0.5, 0.6) is 5.75 Å². The number of esters is 1.